The van der Waals surface area contributed by atoms with Gasteiger partial charge in [-0.05, 0) is 42.1 Å². The van der Waals surface area contributed by atoms with E-state index in [9.17, 15) is 9.59 Å². The number of rotatable bonds is 6. The predicted molar refractivity (Wildman–Crippen MR) is 106 cm³/mol. The zero-order valence-electron chi connectivity index (χ0n) is 15.7. The van der Waals surface area contributed by atoms with Crippen molar-refractivity contribution in [1.29, 1.82) is 0 Å². The minimum atomic E-state index is 0.00571. The molecule has 0 aliphatic carbocycles. The molecule has 0 bridgehead atoms. The fourth-order valence-electron chi connectivity index (χ4n) is 3.07. The van der Waals surface area contributed by atoms with Crippen LogP contribution in [0.4, 0.5) is 0 Å². The number of ether oxygens (including phenoxy) is 1. The van der Waals surface area contributed by atoms with Crippen LogP contribution in [0.15, 0.2) is 35.7 Å². The molecule has 1 saturated heterocycles. The molecule has 1 aliphatic heterocycles. The Morgan fingerprint density at radius 2 is 1.96 bits per heavy atom. The van der Waals surface area contributed by atoms with Gasteiger partial charge in [0.1, 0.15) is 5.75 Å². The van der Waals surface area contributed by atoms with Gasteiger partial charge in [-0.3, -0.25) is 14.5 Å². The number of nitrogens with one attached hydrogen (secondary N) is 1. The van der Waals surface area contributed by atoms with E-state index in [-0.39, 0.29) is 11.8 Å². The van der Waals surface area contributed by atoms with Crippen LogP contribution in [-0.4, -0.2) is 61.4 Å². The highest BCUT2D eigenvalue weighted by Gasteiger charge is 2.23. The zero-order chi connectivity index (χ0) is 19.2. The largest absolute Gasteiger partial charge is 0.497 e. The van der Waals surface area contributed by atoms with Gasteiger partial charge >= 0.3 is 0 Å². The first-order valence-corrected chi connectivity index (χ1v) is 9.90. The molecule has 27 heavy (non-hydrogen) atoms. The summed E-state index contributed by atoms with van der Waals surface area (Å²) in [6, 6.07) is 9.27. The van der Waals surface area contributed by atoms with Crippen molar-refractivity contribution in [3.63, 3.8) is 0 Å². The molecule has 2 heterocycles. The number of hydrogen-bond donors (Lipinski definition) is 1. The lowest BCUT2D eigenvalue weighted by Gasteiger charge is -2.34. The van der Waals surface area contributed by atoms with Gasteiger partial charge in [0.15, 0.2) is 0 Å². The lowest BCUT2D eigenvalue weighted by Crippen LogP contribution is -2.51. The average Bonchev–Trinajstić information content (AvgIpc) is 3.11. The topological polar surface area (TPSA) is 61.9 Å². The highest BCUT2D eigenvalue weighted by Crippen LogP contribution is 2.16. The lowest BCUT2D eigenvalue weighted by molar-refractivity contribution is -0.122. The Bertz CT molecular complexity index is 797. The van der Waals surface area contributed by atoms with Crippen LogP contribution in [0.2, 0.25) is 0 Å². The van der Waals surface area contributed by atoms with Gasteiger partial charge in [-0.15, -0.1) is 11.3 Å². The molecule has 0 saturated carbocycles. The average molecular weight is 388 g/mol. The maximum absolute atomic E-state index is 12.6. The molecule has 1 aromatic carbocycles. The number of amides is 2. The predicted octanol–water partition coefficient (Wildman–Crippen LogP) is 2.14. The number of nitrogens with zero attached hydrogens (tertiary/aromatic N) is 2. The molecule has 1 N–H and O–H groups in total. The second-order valence-electron chi connectivity index (χ2n) is 6.60. The number of carbonyl (C=O) groups is 2. The van der Waals surface area contributed by atoms with E-state index in [0.29, 0.717) is 50.6 Å². The molecule has 0 radical (unpaired) electrons. The van der Waals surface area contributed by atoms with Crippen LogP contribution in [0.1, 0.15) is 20.8 Å². The summed E-state index contributed by atoms with van der Waals surface area (Å²) in [7, 11) is 1.59. The minimum Gasteiger partial charge on any atom is -0.497 e. The SMILES string of the molecule is COc1cccc(C(=O)N2CCN(CC(=O)NCc3sccc3C)CC2)c1. The van der Waals surface area contributed by atoms with E-state index >= 15 is 0 Å². The number of benzene rings is 1. The van der Waals surface area contributed by atoms with Gasteiger partial charge in [0.05, 0.1) is 20.2 Å². The van der Waals surface area contributed by atoms with E-state index in [1.54, 1.807) is 30.6 Å². The monoisotopic (exact) mass is 387 g/mol. The summed E-state index contributed by atoms with van der Waals surface area (Å²) in [5.41, 5.74) is 1.84. The van der Waals surface area contributed by atoms with Gasteiger partial charge in [-0.25, -0.2) is 0 Å². The van der Waals surface area contributed by atoms with Gasteiger partial charge in [0, 0.05) is 36.6 Å². The maximum Gasteiger partial charge on any atom is 0.254 e. The highest BCUT2D eigenvalue weighted by molar-refractivity contribution is 7.10. The van der Waals surface area contributed by atoms with Crippen LogP contribution < -0.4 is 10.1 Å². The van der Waals surface area contributed by atoms with Crippen molar-refractivity contribution in [3.8, 4) is 5.75 Å². The third-order valence-electron chi connectivity index (χ3n) is 4.76. The number of piperazine rings is 1. The molecule has 0 atom stereocenters. The summed E-state index contributed by atoms with van der Waals surface area (Å²) in [6.45, 7) is 5.63. The number of methoxy groups -OCH3 is 1. The third kappa shape index (κ3) is 5.08. The summed E-state index contributed by atoms with van der Waals surface area (Å²) in [6.07, 6.45) is 0. The number of carbonyl (C=O) groups excluding carboxylic acids is 2. The van der Waals surface area contributed by atoms with Crippen LogP contribution >= 0.6 is 11.3 Å². The van der Waals surface area contributed by atoms with E-state index in [4.69, 9.17) is 4.74 Å². The zero-order valence-corrected chi connectivity index (χ0v) is 16.6. The van der Waals surface area contributed by atoms with E-state index in [1.165, 1.54) is 10.4 Å². The number of hydrogen-bond acceptors (Lipinski definition) is 5. The van der Waals surface area contributed by atoms with Gasteiger partial charge in [0.2, 0.25) is 5.91 Å². The van der Waals surface area contributed by atoms with E-state index in [1.807, 2.05) is 22.4 Å². The van der Waals surface area contributed by atoms with Crippen molar-refractivity contribution in [2.45, 2.75) is 13.5 Å². The Morgan fingerprint density at radius 1 is 1.19 bits per heavy atom. The van der Waals surface area contributed by atoms with Crippen LogP contribution in [-0.2, 0) is 11.3 Å². The number of aryl methyl sites for hydroxylation is 1. The Kier molecular flexibility index (Phi) is 6.47. The fraction of sp³-hybridized carbons (Fsp3) is 0.400. The van der Waals surface area contributed by atoms with Crippen molar-refractivity contribution in [2.24, 2.45) is 0 Å². The first-order chi connectivity index (χ1) is 13.1. The Labute approximate surface area is 163 Å². The number of thiophene rings is 1. The van der Waals surface area contributed by atoms with Crippen LogP contribution in [0.3, 0.4) is 0 Å². The molecular formula is C20H25N3O3S. The van der Waals surface area contributed by atoms with Crippen molar-refractivity contribution in [3.05, 3.63) is 51.7 Å². The molecule has 7 heteroatoms. The molecule has 0 unspecified atom stereocenters. The van der Waals surface area contributed by atoms with Gasteiger partial charge in [0.25, 0.3) is 5.91 Å². The minimum absolute atomic E-state index is 0.00571. The molecule has 0 spiro atoms. The molecule has 1 fully saturated rings. The van der Waals surface area contributed by atoms with Gasteiger partial charge in [-0.2, -0.15) is 0 Å². The Balaban J connectivity index is 1.45. The Morgan fingerprint density at radius 3 is 2.63 bits per heavy atom. The van der Waals surface area contributed by atoms with Crippen molar-refractivity contribution in [1.82, 2.24) is 15.1 Å². The summed E-state index contributed by atoms with van der Waals surface area (Å²) >= 11 is 1.66. The lowest BCUT2D eigenvalue weighted by atomic mass is 10.1. The smallest absolute Gasteiger partial charge is 0.254 e. The van der Waals surface area contributed by atoms with Crippen LogP contribution in [0.25, 0.3) is 0 Å². The summed E-state index contributed by atoms with van der Waals surface area (Å²) in [5, 5.41) is 5.02. The van der Waals surface area contributed by atoms with E-state index in [2.05, 4.69) is 23.2 Å². The normalized spacial score (nSPS) is 14.8. The first kappa shape index (κ1) is 19.4. The molecule has 144 valence electrons. The van der Waals surface area contributed by atoms with Crippen molar-refractivity contribution in [2.75, 3.05) is 39.8 Å². The summed E-state index contributed by atoms with van der Waals surface area (Å²) < 4.78 is 5.19. The molecule has 1 aliphatic rings. The van der Waals surface area contributed by atoms with Crippen LogP contribution in [0.5, 0.6) is 5.75 Å². The summed E-state index contributed by atoms with van der Waals surface area (Å²) in [5.74, 6) is 0.707. The molecule has 6 nitrogen and oxygen atoms in total. The Hall–Kier alpha value is -2.38. The van der Waals surface area contributed by atoms with Crippen molar-refractivity contribution >= 4 is 23.2 Å². The fourth-order valence-corrected chi connectivity index (χ4v) is 3.92. The molecule has 2 amide bonds. The van der Waals surface area contributed by atoms with E-state index < -0.39 is 0 Å². The van der Waals surface area contributed by atoms with Gasteiger partial charge in [-0.1, -0.05) is 6.07 Å². The molecule has 3 rings (SSSR count). The second-order valence-corrected chi connectivity index (χ2v) is 7.60. The standard InChI is InChI=1S/C20H25N3O3S/c1-15-6-11-27-18(15)13-21-19(24)14-22-7-9-23(10-8-22)20(25)16-4-3-5-17(12-16)26-2/h3-6,11-12H,7-10,13-14H2,1-2H3,(H,21,24). The first-order valence-electron chi connectivity index (χ1n) is 9.02. The van der Waals surface area contributed by atoms with Crippen molar-refractivity contribution < 1.29 is 14.3 Å². The molecule has 1 aromatic heterocycles. The molecular weight excluding hydrogens is 362 g/mol. The third-order valence-corrected chi connectivity index (χ3v) is 5.78. The maximum atomic E-state index is 12.6. The highest BCUT2D eigenvalue weighted by atomic mass is 32.1. The van der Waals surface area contributed by atoms with E-state index in [0.717, 1.165) is 0 Å². The molecule has 2 aromatic rings. The second kappa shape index (κ2) is 9.01. The van der Waals surface area contributed by atoms with Crippen LogP contribution in [0, 0.1) is 6.92 Å². The quantitative estimate of drug-likeness (QED) is 0.825. The summed E-state index contributed by atoms with van der Waals surface area (Å²) in [4.78, 5) is 29.9. The van der Waals surface area contributed by atoms with Gasteiger partial charge < -0.3 is 15.0 Å².